The Balaban J connectivity index is 2.52. The summed E-state index contributed by atoms with van der Waals surface area (Å²) in [5.41, 5.74) is 2.31. The summed E-state index contributed by atoms with van der Waals surface area (Å²) in [6.45, 7) is 1.12. The molecule has 0 aromatic heterocycles. The molecule has 13 heavy (non-hydrogen) atoms. The Kier molecular flexibility index (Phi) is 2.02. The molecule has 0 saturated heterocycles. The summed E-state index contributed by atoms with van der Waals surface area (Å²) in [5, 5.41) is 8.89. The molecule has 0 amide bonds. The molecule has 0 aliphatic carbocycles. The molecule has 0 unspecified atom stereocenters. The SMILES string of the molecule is O=C(O)c1cccc2c1COCC2. The third-order valence-corrected chi connectivity index (χ3v) is 2.27. The minimum atomic E-state index is -0.873. The highest BCUT2D eigenvalue weighted by Crippen LogP contribution is 2.20. The maximum absolute atomic E-state index is 10.8. The standard InChI is InChI=1S/C10H10O3/c11-10(12)8-3-1-2-7-4-5-13-6-9(7)8/h1-3H,4-6H2,(H,11,12). The molecule has 0 saturated carbocycles. The number of rotatable bonds is 1. The maximum atomic E-state index is 10.8. The first kappa shape index (κ1) is 8.26. The Labute approximate surface area is 76.0 Å². The van der Waals surface area contributed by atoms with Crippen molar-refractivity contribution in [3.63, 3.8) is 0 Å². The van der Waals surface area contributed by atoms with E-state index in [0.29, 0.717) is 18.8 Å². The lowest BCUT2D eigenvalue weighted by Gasteiger charge is -2.17. The number of ether oxygens (including phenoxy) is 1. The van der Waals surface area contributed by atoms with Crippen molar-refractivity contribution in [2.75, 3.05) is 6.61 Å². The molecule has 2 rings (SSSR count). The van der Waals surface area contributed by atoms with Gasteiger partial charge in [0.15, 0.2) is 0 Å². The van der Waals surface area contributed by atoms with Gasteiger partial charge in [0.25, 0.3) is 0 Å². The Morgan fingerprint density at radius 2 is 2.31 bits per heavy atom. The number of aromatic carboxylic acids is 1. The molecule has 0 atom stereocenters. The molecule has 1 aliphatic heterocycles. The highest BCUT2D eigenvalue weighted by molar-refractivity contribution is 5.89. The normalized spacial score (nSPS) is 15.1. The van der Waals surface area contributed by atoms with Crippen LogP contribution in [0.3, 0.4) is 0 Å². The molecular weight excluding hydrogens is 168 g/mol. The molecular formula is C10H10O3. The van der Waals surface area contributed by atoms with Gasteiger partial charge in [-0.2, -0.15) is 0 Å². The Morgan fingerprint density at radius 1 is 1.46 bits per heavy atom. The van der Waals surface area contributed by atoms with Gasteiger partial charge in [-0.15, -0.1) is 0 Å². The largest absolute Gasteiger partial charge is 0.478 e. The van der Waals surface area contributed by atoms with Crippen LogP contribution in [0.2, 0.25) is 0 Å². The van der Waals surface area contributed by atoms with Gasteiger partial charge in [-0.25, -0.2) is 4.79 Å². The molecule has 3 nitrogen and oxygen atoms in total. The average Bonchev–Trinajstić information content (AvgIpc) is 2.17. The van der Waals surface area contributed by atoms with Crippen molar-refractivity contribution in [1.29, 1.82) is 0 Å². The Hall–Kier alpha value is -1.35. The number of carboxylic acid groups (broad SMARTS) is 1. The van der Waals surface area contributed by atoms with E-state index in [1.54, 1.807) is 12.1 Å². The van der Waals surface area contributed by atoms with Gasteiger partial charge in [0, 0.05) is 0 Å². The molecule has 1 aromatic carbocycles. The summed E-state index contributed by atoms with van der Waals surface area (Å²) in [7, 11) is 0. The maximum Gasteiger partial charge on any atom is 0.336 e. The molecule has 1 aromatic rings. The first-order chi connectivity index (χ1) is 6.29. The van der Waals surface area contributed by atoms with Crippen molar-refractivity contribution >= 4 is 5.97 Å². The van der Waals surface area contributed by atoms with E-state index in [1.807, 2.05) is 6.07 Å². The topological polar surface area (TPSA) is 46.5 Å². The van der Waals surface area contributed by atoms with E-state index in [4.69, 9.17) is 9.84 Å². The van der Waals surface area contributed by atoms with Gasteiger partial charge in [-0.05, 0) is 23.6 Å². The Morgan fingerprint density at radius 3 is 3.08 bits per heavy atom. The highest BCUT2D eigenvalue weighted by Gasteiger charge is 2.16. The predicted octanol–water partition coefficient (Wildman–Crippen LogP) is 1.46. The van der Waals surface area contributed by atoms with Crippen LogP contribution in [0.5, 0.6) is 0 Å². The number of hydrogen-bond donors (Lipinski definition) is 1. The van der Waals surface area contributed by atoms with Crippen LogP contribution in [0.1, 0.15) is 21.5 Å². The fourth-order valence-corrected chi connectivity index (χ4v) is 1.60. The highest BCUT2D eigenvalue weighted by atomic mass is 16.5. The van der Waals surface area contributed by atoms with Crippen LogP contribution >= 0.6 is 0 Å². The minimum absolute atomic E-state index is 0.372. The van der Waals surface area contributed by atoms with Gasteiger partial charge in [0.1, 0.15) is 0 Å². The van der Waals surface area contributed by atoms with Crippen molar-refractivity contribution in [2.24, 2.45) is 0 Å². The number of carbonyl (C=O) groups is 1. The van der Waals surface area contributed by atoms with E-state index >= 15 is 0 Å². The molecule has 0 spiro atoms. The number of benzene rings is 1. The smallest absolute Gasteiger partial charge is 0.336 e. The molecule has 1 heterocycles. The lowest BCUT2D eigenvalue weighted by Crippen LogP contribution is -2.14. The lowest BCUT2D eigenvalue weighted by atomic mass is 9.98. The van der Waals surface area contributed by atoms with Crippen LogP contribution < -0.4 is 0 Å². The summed E-state index contributed by atoms with van der Waals surface area (Å²) >= 11 is 0. The van der Waals surface area contributed by atoms with Crippen LogP contribution in [0.25, 0.3) is 0 Å². The van der Waals surface area contributed by atoms with E-state index in [-0.39, 0.29) is 0 Å². The molecule has 68 valence electrons. The zero-order valence-electron chi connectivity index (χ0n) is 7.12. The van der Waals surface area contributed by atoms with E-state index in [1.165, 1.54) is 0 Å². The van der Waals surface area contributed by atoms with Gasteiger partial charge in [0.2, 0.25) is 0 Å². The van der Waals surface area contributed by atoms with Crippen LogP contribution in [0.4, 0.5) is 0 Å². The second-order valence-electron chi connectivity index (χ2n) is 3.05. The summed E-state index contributed by atoms with van der Waals surface area (Å²) < 4.78 is 5.22. The van der Waals surface area contributed by atoms with Crippen LogP contribution in [-0.2, 0) is 17.8 Å². The first-order valence-corrected chi connectivity index (χ1v) is 4.21. The van der Waals surface area contributed by atoms with Gasteiger partial charge in [-0.1, -0.05) is 12.1 Å². The first-order valence-electron chi connectivity index (χ1n) is 4.21. The number of carboxylic acids is 1. The summed E-state index contributed by atoms with van der Waals surface area (Å²) in [4.78, 5) is 10.8. The van der Waals surface area contributed by atoms with Crippen LogP contribution in [0, 0.1) is 0 Å². The predicted molar refractivity (Wildman–Crippen MR) is 46.8 cm³/mol. The van der Waals surface area contributed by atoms with Gasteiger partial charge < -0.3 is 9.84 Å². The zero-order chi connectivity index (χ0) is 9.26. The van der Waals surface area contributed by atoms with Crippen molar-refractivity contribution < 1.29 is 14.6 Å². The van der Waals surface area contributed by atoms with Gasteiger partial charge in [0.05, 0.1) is 18.8 Å². The van der Waals surface area contributed by atoms with Crippen LogP contribution in [0.15, 0.2) is 18.2 Å². The summed E-state index contributed by atoms with van der Waals surface area (Å²) in [6.07, 6.45) is 0.816. The van der Waals surface area contributed by atoms with E-state index in [2.05, 4.69) is 0 Å². The monoisotopic (exact) mass is 178 g/mol. The minimum Gasteiger partial charge on any atom is -0.478 e. The number of hydrogen-bond acceptors (Lipinski definition) is 2. The van der Waals surface area contributed by atoms with Gasteiger partial charge >= 0.3 is 5.97 Å². The third-order valence-electron chi connectivity index (χ3n) is 2.27. The second kappa shape index (κ2) is 3.18. The fourth-order valence-electron chi connectivity index (χ4n) is 1.60. The molecule has 3 heteroatoms. The van der Waals surface area contributed by atoms with E-state index in [0.717, 1.165) is 17.5 Å². The summed E-state index contributed by atoms with van der Waals surface area (Å²) in [5.74, 6) is -0.873. The molecule has 1 aliphatic rings. The lowest BCUT2D eigenvalue weighted by molar-refractivity contribution is 0.0682. The van der Waals surface area contributed by atoms with Crippen molar-refractivity contribution in [2.45, 2.75) is 13.0 Å². The average molecular weight is 178 g/mol. The quantitative estimate of drug-likeness (QED) is 0.708. The van der Waals surface area contributed by atoms with Crippen molar-refractivity contribution in [1.82, 2.24) is 0 Å². The Bertz CT molecular complexity index is 344. The second-order valence-corrected chi connectivity index (χ2v) is 3.05. The molecule has 1 N–H and O–H groups in total. The summed E-state index contributed by atoms with van der Waals surface area (Å²) in [6, 6.07) is 5.37. The molecule has 0 bridgehead atoms. The molecule has 0 radical (unpaired) electrons. The van der Waals surface area contributed by atoms with E-state index < -0.39 is 5.97 Å². The van der Waals surface area contributed by atoms with Gasteiger partial charge in [-0.3, -0.25) is 0 Å². The fraction of sp³-hybridized carbons (Fsp3) is 0.300. The van der Waals surface area contributed by atoms with Crippen molar-refractivity contribution in [3.8, 4) is 0 Å². The van der Waals surface area contributed by atoms with Crippen LogP contribution in [-0.4, -0.2) is 17.7 Å². The third kappa shape index (κ3) is 1.42. The van der Waals surface area contributed by atoms with E-state index in [9.17, 15) is 4.79 Å². The van der Waals surface area contributed by atoms with Crippen molar-refractivity contribution in [3.05, 3.63) is 34.9 Å². The molecule has 0 fully saturated rings. The zero-order valence-corrected chi connectivity index (χ0v) is 7.12. The number of fused-ring (bicyclic) bond motifs is 1.